The third-order valence-corrected chi connectivity index (χ3v) is 2.09. The summed E-state index contributed by atoms with van der Waals surface area (Å²) >= 11 is 0. The number of rotatable bonds is 3. The predicted octanol–water partition coefficient (Wildman–Crippen LogP) is 3.01. The zero-order valence-electron chi connectivity index (χ0n) is 9.26. The Morgan fingerprint density at radius 1 is 1.41 bits per heavy atom. The van der Waals surface area contributed by atoms with Crippen molar-refractivity contribution in [2.75, 3.05) is 6.61 Å². The Balaban J connectivity index is 3.54. The van der Waals surface area contributed by atoms with Gasteiger partial charge in [-0.1, -0.05) is 0 Å². The number of hydrogen-bond donors (Lipinski definition) is 1. The van der Waals surface area contributed by atoms with Crippen LogP contribution in [0.2, 0.25) is 0 Å². The van der Waals surface area contributed by atoms with Gasteiger partial charge in [-0.2, -0.15) is 13.2 Å². The minimum atomic E-state index is -4.78. The van der Waals surface area contributed by atoms with Gasteiger partial charge in [0.05, 0.1) is 12.2 Å². The standard InChI is InChI=1S/C11H11F3O3/c1-3-17-10-7(6(2)15)4-5-8(16)9(10)11(12,13)14/h4-5,16H,3H2,1-2H3. The fourth-order valence-electron chi connectivity index (χ4n) is 1.42. The van der Waals surface area contributed by atoms with Gasteiger partial charge in [0, 0.05) is 0 Å². The number of alkyl halides is 3. The van der Waals surface area contributed by atoms with Gasteiger partial charge in [-0.15, -0.1) is 0 Å². The topological polar surface area (TPSA) is 46.5 Å². The Bertz CT molecular complexity index is 438. The van der Waals surface area contributed by atoms with Gasteiger partial charge < -0.3 is 9.84 Å². The van der Waals surface area contributed by atoms with Crippen molar-refractivity contribution in [2.24, 2.45) is 0 Å². The maximum absolute atomic E-state index is 12.7. The summed E-state index contributed by atoms with van der Waals surface area (Å²) < 4.78 is 43.0. The number of benzene rings is 1. The van der Waals surface area contributed by atoms with E-state index in [2.05, 4.69) is 0 Å². The van der Waals surface area contributed by atoms with Crippen LogP contribution in [0.25, 0.3) is 0 Å². The van der Waals surface area contributed by atoms with Crippen molar-refractivity contribution in [2.45, 2.75) is 20.0 Å². The van der Waals surface area contributed by atoms with Crippen LogP contribution >= 0.6 is 0 Å². The van der Waals surface area contributed by atoms with Crippen LogP contribution in [0.3, 0.4) is 0 Å². The van der Waals surface area contributed by atoms with Crippen LogP contribution in [0.15, 0.2) is 12.1 Å². The highest BCUT2D eigenvalue weighted by molar-refractivity contribution is 5.97. The fourth-order valence-corrected chi connectivity index (χ4v) is 1.42. The molecule has 0 fully saturated rings. The number of carbonyl (C=O) groups excluding carboxylic acids is 1. The van der Waals surface area contributed by atoms with E-state index >= 15 is 0 Å². The predicted molar refractivity (Wildman–Crippen MR) is 54.3 cm³/mol. The lowest BCUT2D eigenvalue weighted by atomic mass is 10.0. The van der Waals surface area contributed by atoms with Crippen molar-refractivity contribution >= 4 is 5.78 Å². The van der Waals surface area contributed by atoms with Gasteiger partial charge in [-0.3, -0.25) is 4.79 Å². The molecule has 1 aromatic carbocycles. The van der Waals surface area contributed by atoms with Gasteiger partial charge in [-0.25, -0.2) is 0 Å². The van der Waals surface area contributed by atoms with Crippen molar-refractivity contribution in [3.8, 4) is 11.5 Å². The van der Waals surface area contributed by atoms with Crippen molar-refractivity contribution in [1.82, 2.24) is 0 Å². The first-order chi connectivity index (χ1) is 7.79. The number of phenolic OH excluding ortho intramolecular Hbond substituents is 1. The van der Waals surface area contributed by atoms with Gasteiger partial charge in [-0.05, 0) is 26.0 Å². The molecule has 0 spiro atoms. The number of hydrogen-bond acceptors (Lipinski definition) is 3. The van der Waals surface area contributed by atoms with E-state index in [1.165, 1.54) is 6.92 Å². The molecule has 0 radical (unpaired) electrons. The summed E-state index contributed by atoms with van der Waals surface area (Å²) in [6.45, 7) is 2.59. The monoisotopic (exact) mass is 248 g/mol. The molecule has 0 saturated heterocycles. The third kappa shape index (κ3) is 2.69. The summed E-state index contributed by atoms with van der Waals surface area (Å²) in [6, 6.07) is 1.94. The highest BCUT2D eigenvalue weighted by atomic mass is 19.4. The Labute approximate surface area is 95.8 Å². The minimum absolute atomic E-state index is 0.0349. The van der Waals surface area contributed by atoms with E-state index < -0.39 is 29.0 Å². The molecule has 1 rings (SSSR count). The van der Waals surface area contributed by atoms with Gasteiger partial charge in [0.1, 0.15) is 17.1 Å². The molecule has 0 amide bonds. The molecule has 0 bridgehead atoms. The molecule has 0 atom stereocenters. The molecule has 0 aliphatic rings. The van der Waals surface area contributed by atoms with Crippen LogP contribution in [0.1, 0.15) is 29.8 Å². The van der Waals surface area contributed by atoms with E-state index in [1.54, 1.807) is 0 Å². The van der Waals surface area contributed by atoms with Gasteiger partial charge in [0.25, 0.3) is 0 Å². The summed E-state index contributed by atoms with van der Waals surface area (Å²) in [6.07, 6.45) is -4.78. The van der Waals surface area contributed by atoms with E-state index in [9.17, 15) is 23.1 Å². The van der Waals surface area contributed by atoms with E-state index in [-0.39, 0.29) is 12.2 Å². The molecule has 1 N–H and O–H groups in total. The van der Waals surface area contributed by atoms with Crippen LogP contribution in [-0.2, 0) is 6.18 Å². The fraction of sp³-hybridized carbons (Fsp3) is 0.364. The Morgan fingerprint density at radius 3 is 2.41 bits per heavy atom. The summed E-state index contributed by atoms with van der Waals surface area (Å²) in [5.41, 5.74) is -1.51. The van der Waals surface area contributed by atoms with E-state index in [1.807, 2.05) is 0 Å². The number of aromatic hydroxyl groups is 1. The third-order valence-electron chi connectivity index (χ3n) is 2.09. The molecule has 0 heterocycles. The highest BCUT2D eigenvalue weighted by Gasteiger charge is 2.39. The molecule has 6 heteroatoms. The largest absolute Gasteiger partial charge is 0.507 e. The summed E-state index contributed by atoms with van der Waals surface area (Å²) in [5.74, 6) is -2.13. The van der Waals surface area contributed by atoms with Crippen molar-refractivity contribution < 1.29 is 27.8 Å². The van der Waals surface area contributed by atoms with Crippen LogP contribution < -0.4 is 4.74 Å². The summed E-state index contributed by atoms with van der Waals surface area (Å²) in [7, 11) is 0. The molecule has 0 aliphatic heterocycles. The van der Waals surface area contributed by atoms with E-state index in [4.69, 9.17) is 4.74 Å². The zero-order valence-corrected chi connectivity index (χ0v) is 9.26. The smallest absolute Gasteiger partial charge is 0.423 e. The molecule has 1 aromatic rings. The number of phenols is 1. The number of halogens is 3. The van der Waals surface area contributed by atoms with Crippen LogP contribution in [0.4, 0.5) is 13.2 Å². The first-order valence-corrected chi connectivity index (χ1v) is 4.86. The first-order valence-electron chi connectivity index (χ1n) is 4.86. The lowest BCUT2D eigenvalue weighted by Gasteiger charge is -2.16. The minimum Gasteiger partial charge on any atom is -0.507 e. The molecule has 0 saturated carbocycles. The molecular weight excluding hydrogens is 237 g/mol. The SMILES string of the molecule is CCOc1c(C(C)=O)ccc(O)c1C(F)(F)F. The quantitative estimate of drug-likeness (QED) is 0.836. The Hall–Kier alpha value is -1.72. The lowest BCUT2D eigenvalue weighted by Crippen LogP contribution is -2.12. The number of Topliss-reactive ketones (excluding diaryl/α,β-unsaturated/α-hetero) is 1. The van der Waals surface area contributed by atoms with E-state index in [0.29, 0.717) is 0 Å². The molecule has 0 aromatic heterocycles. The van der Waals surface area contributed by atoms with Gasteiger partial charge in [0.2, 0.25) is 0 Å². The second kappa shape index (κ2) is 4.65. The molecule has 17 heavy (non-hydrogen) atoms. The summed E-state index contributed by atoms with van der Waals surface area (Å²) in [5, 5.41) is 9.25. The Morgan fingerprint density at radius 2 is 2.00 bits per heavy atom. The molecule has 3 nitrogen and oxygen atoms in total. The second-order valence-corrected chi connectivity index (χ2v) is 3.32. The molecule has 0 aliphatic carbocycles. The molecule has 0 unspecified atom stereocenters. The van der Waals surface area contributed by atoms with Gasteiger partial charge in [0.15, 0.2) is 5.78 Å². The normalized spacial score (nSPS) is 11.4. The number of ether oxygens (including phenoxy) is 1. The Kier molecular flexibility index (Phi) is 3.65. The van der Waals surface area contributed by atoms with Crippen LogP contribution in [0.5, 0.6) is 11.5 Å². The van der Waals surface area contributed by atoms with Gasteiger partial charge >= 0.3 is 6.18 Å². The maximum atomic E-state index is 12.7. The van der Waals surface area contributed by atoms with Crippen molar-refractivity contribution in [3.05, 3.63) is 23.3 Å². The average Bonchev–Trinajstić information content (AvgIpc) is 2.15. The van der Waals surface area contributed by atoms with E-state index in [0.717, 1.165) is 19.1 Å². The average molecular weight is 248 g/mol. The van der Waals surface area contributed by atoms with Crippen LogP contribution in [0, 0.1) is 0 Å². The lowest BCUT2D eigenvalue weighted by molar-refractivity contribution is -0.140. The maximum Gasteiger partial charge on any atom is 0.423 e. The highest BCUT2D eigenvalue weighted by Crippen LogP contribution is 2.43. The van der Waals surface area contributed by atoms with Crippen molar-refractivity contribution in [1.29, 1.82) is 0 Å². The number of ketones is 1. The molecule has 94 valence electrons. The van der Waals surface area contributed by atoms with Crippen LogP contribution in [-0.4, -0.2) is 17.5 Å². The number of carbonyl (C=O) groups is 1. The second-order valence-electron chi connectivity index (χ2n) is 3.32. The first kappa shape index (κ1) is 13.3. The van der Waals surface area contributed by atoms with Crippen molar-refractivity contribution in [3.63, 3.8) is 0 Å². The molecular formula is C11H11F3O3. The summed E-state index contributed by atoms with van der Waals surface area (Å²) in [4.78, 5) is 11.2. The zero-order chi connectivity index (χ0) is 13.2.